The standard InChI is InChI=1S/C14H17NO2S/c1-14(2,3)17-9-10(16)8-13-15-11-6-4-5-7-12(11)18-13/h4-7H,8-9H2,1-3H3. The van der Waals surface area contributed by atoms with Crippen molar-refractivity contribution < 1.29 is 9.53 Å². The third-order valence-corrected chi connectivity index (χ3v) is 3.39. The lowest BCUT2D eigenvalue weighted by atomic mass is 10.2. The number of benzene rings is 1. The third kappa shape index (κ3) is 3.62. The molecule has 0 bridgehead atoms. The van der Waals surface area contributed by atoms with Crippen LogP contribution in [-0.2, 0) is 16.0 Å². The van der Waals surface area contributed by atoms with Gasteiger partial charge >= 0.3 is 0 Å². The van der Waals surface area contributed by atoms with Crippen molar-refractivity contribution in [2.45, 2.75) is 32.8 Å². The maximum Gasteiger partial charge on any atom is 0.165 e. The monoisotopic (exact) mass is 263 g/mol. The minimum absolute atomic E-state index is 0.0731. The van der Waals surface area contributed by atoms with E-state index >= 15 is 0 Å². The maximum absolute atomic E-state index is 11.8. The van der Waals surface area contributed by atoms with Crippen LogP contribution in [0.4, 0.5) is 0 Å². The zero-order valence-electron chi connectivity index (χ0n) is 10.9. The predicted molar refractivity (Wildman–Crippen MR) is 74.0 cm³/mol. The summed E-state index contributed by atoms with van der Waals surface area (Å²) in [6.07, 6.45) is 0.357. The number of fused-ring (bicyclic) bond motifs is 1. The molecule has 2 aromatic rings. The highest BCUT2D eigenvalue weighted by Gasteiger charge is 2.14. The smallest absolute Gasteiger partial charge is 0.165 e. The minimum atomic E-state index is -0.275. The second-order valence-electron chi connectivity index (χ2n) is 5.19. The molecule has 0 aliphatic rings. The summed E-state index contributed by atoms with van der Waals surface area (Å²) in [6.45, 7) is 5.98. The SMILES string of the molecule is CC(C)(C)OCC(=O)Cc1nc2ccccc2s1. The Balaban J connectivity index is 1.99. The van der Waals surface area contributed by atoms with Crippen LogP contribution < -0.4 is 0 Å². The second-order valence-corrected chi connectivity index (χ2v) is 6.31. The first-order valence-electron chi connectivity index (χ1n) is 5.94. The zero-order chi connectivity index (χ0) is 13.2. The molecule has 2 rings (SSSR count). The van der Waals surface area contributed by atoms with Crippen LogP contribution in [0.3, 0.4) is 0 Å². The van der Waals surface area contributed by atoms with Crippen molar-refractivity contribution in [3.63, 3.8) is 0 Å². The summed E-state index contributed by atoms with van der Waals surface area (Å²) >= 11 is 1.57. The molecule has 0 atom stereocenters. The van der Waals surface area contributed by atoms with Crippen molar-refractivity contribution in [3.05, 3.63) is 29.3 Å². The summed E-state index contributed by atoms with van der Waals surface area (Å²) in [5.41, 5.74) is 0.686. The first kappa shape index (κ1) is 13.2. The molecule has 1 heterocycles. The summed E-state index contributed by atoms with van der Waals surface area (Å²) < 4.78 is 6.59. The van der Waals surface area contributed by atoms with E-state index < -0.39 is 0 Å². The molecule has 0 aliphatic carbocycles. The number of hydrogen-bond acceptors (Lipinski definition) is 4. The number of thiazole rings is 1. The molecule has 0 saturated carbocycles. The average molecular weight is 263 g/mol. The van der Waals surface area contributed by atoms with E-state index in [4.69, 9.17) is 4.74 Å². The van der Waals surface area contributed by atoms with Crippen molar-refractivity contribution in [1.29, 1.82) is 0 Å². The van der Waals surface area contributed by atoms with Gasteiger partial charge in [0.05, 0.1) is 22.2 Å². The Kier molecular flexibility index (Phi) is 3.78. The quantitative estimate of drug-likeness (QED) is 0.850. The Labute approximate surface area is 111 Å². The van der Waals surface area contributed by atoms with Crippen LogP contribution in [0, 0.1) is 0 Å². The average Bonchev–Trinajstić information content (AvgIpc) is 2.67. The molecule has 4 heteroatoms. The van der Waals surface area contributed by atoms with Gasteiger partial charge in [0.2, 0.25) is 0 Å². The van der Waals surface area contributed by atoms with E-state index in [1.165, 1.54) is 0 Å². The number of carbonyl (C=O) groups is 1. The second kappa shape index (κ2) is 5.16. The fourth-order valence-corrected chi connectivity index (χ4v) is 2.51. The molecule has 0 amide bonds. The van der Waals surface area contributed by atoms with Gasteiger partial charge in [-0.3, -0.25) is 4.79 Å². The molecule has 0 radical (unpaired) electrons. The molecule has 0 spiro atoms. The number of hydrogen-bond donors (Lipinski definition) is 0. The molecule has 96 valence electrons. The summed E-state index contributed by atoms with van der Waals surface area (Å²) in [5, 5.41) is 0.860. The molecular formula is C14H17NO2S. The number of para-hydroxylation sites is 1. The van der Waals surface area contributed by atoms with Crippen molar-refractivity contribution in [3.8, 4) is 0 Å². The normalized spacial score (nSPS) is 11.9. The molecule has 0 aliphatic heterocycles. The fourth-order valence-electron chi connectivity index (χ4n) is 1.51. The zero-order valence-corrected chi connectivity index (χ0v) is 11.7. The van der Waals surface area contributed by atoms with Gasteiger partial charge in [0.25, 0.3) is 0 Å². The molecule has 0 unspecified atom stereocenters. The van der Waals surface area contributed by atoms with Gasteiger partial charge in [0.15, 0.2) is 5.78 Å². The Morgan fingerprint density at radius 2 is 2.06 bits per heavy atom. The summed E-state index contributed by atoms with van der Waals surface area (Å²) in [5.74, 6) is 0.0731. The number of aromatic nitrogens is 1. The lowest BCUT2D eigenvalue weighted by molar-refractivity contribution is -0.127. The summed E-state index contributed by atoms with van der Waals surface area (Å²) in [7, 11) is 0. The minimum Gasteiger partial charge on any atom is -0.368 e. The van der Waals surface area contributed by atoms with Gasteiger partial charge in [0, 0.05) is 0 Å². The van der Waals surface area contributed by atoms with Crippen LogP contribution in [0.15, 0.2) is 24.3 Å². The van der Waals surface area contributed by atoms with Crippen LogP contribution in [-0.4, -0.2) is 23.0 Å². The molecular weight excluding hydrogens is 246 g/mol. The van der Waals surface area contributed by atoms with E-state index in [0.717, 1.165) is 15.2 Å². The van der Waals surface area contributed by atoms with Crippen molar-refractivity contribution in [2.75, 3.05) is 6.61 Å². The highest BCUT2D eigenvalue weighted by molar-refractivity contribution is 7.18. The Hall–Kier alpha value is -1.26. The van der Waals surface area contributed by atoms with Gasteiger partial charge in [-0.25, -0.2) is 4.98 Å². The van der Waals surface area contributed by atoms with E-state index in [9.17, 15) is 4.79 Å². The molecule has 0 N–H and O–H groups in total. The van der Waals surface area contributed by atoms with E-state index in [1.54, 1.807) is 11.3 Å². The summed E-state index contributed by atoms with van der Waals surface area (Å²) in [4.78, 5) is 16.2. The van der Waals surface area contributed by atoms with E-state index in [-0.39, 0.29) is 18.0 Å². The van der Waals surface area contributed by atoms with Crippen molar-refractivity contribution >= 4 is 27.3 Å². The van der Waals surface area contributed by atoms with E-state index in [2.05, 4.69) is 4.98 Å². The van der Waals surface area contributed by atoms with Crippen molar-refractivity contribution in [1.82, 2.24) is 4.98 Å². The van der Waals surface area contributed by atoms with Crippen LogP contribution in [0.1, 0.15) is 25.8 Å². The highest BCUT2D eigenvalue weighted by Crippen LogP contribution is 2.22. The molecule has 0 fully saturated rings. The van der Waals surface area contributed by atoms with Gasteiger partial charge in [-0.15, -0.1) is 11.3 Å². The third-order valence-electron chi connectivity index (χ3n) is 2.35. The molecule has 18 heavy (non-hydrogen) atoms. The van der Waals surface area contributed by atoms with Crippen LogP contribution in [0.2, 0.25) is 0 Å². The van der Waals surface area contributed by atoms with Gasteiger partial charge < -0.3 is 4.74 Å². The lowest BCUT2D eigenvalue weighted by Crippen LogP contribution is -2.24. The van der Waals surface area contributed by atoms with Crippen LogP contribution in [0.25, 0.3) is 10.2 Å². The Morgan fingerprint density at radius 3 is 2.72 bits per heavy atom. The Morgan fingerprint density at radius 1 is 1.33 bits per heavy atom. The van der Waals surface area contributed by atoms with Gasteiger partial charge in [-0.05, 0) is 32.9 Å². The number of Topliss-reactive ketones (excluding diaryl/α,β-unsaturated/α-hetero) is 1. The van der Waals surface area contributed by atoms with E-state index in [0.29, 0.717) is 6.42 Å². The van der Waals surface area contributed by atoms with Crippen molar-refractivity contribution in [2.24, 2.45) is 0 Å². The van der Waals surface area contributed by atoms with Gasteiger partial charge in [0.1, 0.15) is 11.6 Å². The highest BCUT2D eigenvalue weighted by atomic mass is 32.1. The first-order valence-corrected chi connectivity index (χ1v) is 6.76. The molecule has 0 saturated heterocycles. The predicted octanol–water partition coefficient (Wildman–Crippen LogP) is 3.22. The first-order chi connectivity index (χ1) is 8.44. The largest absolute Gasteiger partial charge is 0.368 e. The Bertz CT molecular complexity index is 521. The molecule has 1 aromatic carbocycles. The van der Waals surface area contributed by atoms with Crippen LogP contribution in [0.5, 0.6) is 0 Å². The fraction of sp³-hybridized carbons (Fsp3) is 0.429. The molecule has 3 nitrogen and oxygen atoms in total. The van der Waals surface area contributed by atoms with Gasteiger partial charge in [-0.1, -0.05) is 12.1 Å². The lowest BCUT2D eigenvalue weighted by Gasteiger charge is -2.18. The van der Waals surface area contributed by atoms with Crippen LogP contribution >= 0.6 is 11.3 Å². The van der Waals surface area contributed by atoms with E-state index in [1.807, 2.05) is 45.0 Å². The number of rotatable bonds is 4. The topological polar surface area (TPSA) is 39.2 Å². The number of carbonyl (C=O) groups excluding carboxylic acids is 1. The number of ketones is 1. The number of ether oxygens (including phenoxy) is 1. The molecule has 1 aromatic heterocycles. The maximum atomic E-state index is 11.8. The summed E-state index contributed by atoms with van der Waals surface area (Å²) in [6, 6.07) is 7.92. The van der Waals surface area contributed by atoms with Gasteiger partial charge in [-0.2, -0.15) is 0 Å². The number of nitrogens with zero attached hydrogens (tertiary/aromatic N) is 1.